The normalized spacial score (nSPS) is 16.5. The molecular weight excluding hydrogens is 342 g/mol. The van der Waals surface area contributed by atoms with E-state index in [0.717, 1.165) is 36.9 Å². The summed E-state index contributed by atoms with van der Waals surface area (Å²) in [6, 6.07) is 16.8. The highest BCUT2D eigenvalue weighted by Gasteiger charge is 2.30. The lowest BCUT2D eigenvalue weighted by Gasteiger charge is -2.35. The number of allylic oxidation sites excluding steroid dienone is 1. The van der Waals surface area contributed by atoms with E-state index in [1.165, 1.54) is 6.42 Å². The summed E-state index contributed by atoms with van der Waals surface area (Å²) in [4.78, 5) is 12.8. The van der Waals surface area contributed by atoms with Crippen LogP contribution in [0.2, 0.25) is 5.02 Å². The van der Waals surface area contributed by atoms with Gasteiger partial charge in [-0.05, 0) is 42.7 Å². The van der Waals surface area contributed by atoms with Crippen LogP contribution < -0.4 is 5.32 Å². The Hall–Kier alpha value is -2.50. The fraction of sp³-hybridized carbons (Fsp3) is 0.261. The Bertz CT molecular complexity index is 825. The Kier molecular flexibility index (Phi) is 5.81. The molecule has 0 spiro atoms. The molecule has 1 fully saturated rings. The van der Waals surface area contributed by atoms with Crippen LogP contribution in [-0.2, 0) is 0 Å². The molecule has 0 radical (unpaired) electrons. The number of hydrogen-bond donors (Lipinski definition) is 1. The van der Waals surface area contributed by atoms with E-state index in [0.29, 0.717) is 10.6 Å². The number of carbonyl (C=O) groups excluding carboxylic acids is 1. The van der Waals surface area contributed by atoms with Gasteiger partial charge < -0.3 is 5.32 Å². The topological polar surface area (TPSA) is 29.1 Å². The van der Waals surface area contributed by atoms with Gasteiger partial charge in [0, 0.05) is 22.4 Å². The Labute approximate surface area is 160 Å². The van der Waals surface area contributed by atoms with Gasteiger partial charge in [-0.2, -0.15) is 0 Å². The third kappa shape index (κ3) is 4.36. The van der Waals surface area contributed by atoms with Crippen LogP contribution in [0.3, 0.4) is 0 Å². The van der Waals surface area contributed by atoms with Crippen molar-refractivity contribution in [2.75, 3.05) is 0 Å². The smallest absolute Gasteiger partial charge is 0.187 e. The van der Waals surface area contributed by atoms with E-state index in [9.17, 15) is 4.79 Å². The van der Waals surface area contributed by atoms with Gasteiger partial charge >= 0.3 is 0 Å². The highest BCUT2D eigenvalue weighted by Crippen LogP contribution is 2.30. The summed E-state index contributed by atoms with van der Waals surface area (Å²) < 4.78 is 0. The largest absolute Gasteiger partial charge is 0.368 e. The standard InChI is InChI=1S/C23H22ClNO/c1-2-23(15-7-4-8-16-23)25-21(18-9-5-3-6-10-18)17-22(26)19-11-13-20(24)14-12-19/h1,3,5-6,9-14,17,25H,4,7-8,15-16H2/b21-17-. The molecule has 0 unspecified atom stereocenters. The number of rotatable bonds is 5. The summed E-state index contributed by atoms with van der Waals surface area (Å²) >= 11 is 5.92. The van der Waals surface area contributed by atoms with Crippen molar-refractivity contribution in [1.29, 1.82) is 0 Å². The lowest BCUT2D eigenvalue weighted by atomic mass is 9.82. The fourth-order valence-electron chi connectivity index (χ4n) is 3.36. The number of benzene rings is 2. The van der Waals surface area contributed by atoms with Gasteiger partial charge in [0.05, 0.1) is 5.54 Å². The average Bonchev–Trinajstić information content (AvgIpc) is 2.69. The Morgan fingerprint density at radius 3 is 2.27 bits per heavy atom. The summed E-state index contributed by atoms with van der Waals surface area (Å²) in [6.07, 6.45) is 12.8. The lowest BCUT2D eigenvalue weighted by Crippen LogP contribution is -2.44. The van der Waals surface area contributed by atoms with Crippen molar-refractivity contribution in [2.24, 2.45) is 0 Å². The summed E-state index contributed by atoms with van der Waals surface area (Å²) in [7, 11) is 0. The van der Waals surface area contributed by atoms with E-state index < -0.39 is 0 Å². The molecule has 1 aliphatic rings. The second-order valence-electron chi connectivity index (χ2n) is 6.71. The van der Waals surface area contributed by atoms with Crippen LogP contribution in [0.1, 0.15) is 48.0 Å². The molecule has 2 aromatic rings. The maximum Gasteiger partial charge on any atom is 0.187 e. The van der Waals surface area contributed by atoms with Crippen molar-refractivity contribution in [3.63, 3.8) is 0 Å². The molecule has 0 atom stereocenters. The van der Waals surface area contributed by atoms with Gasteiger partial charge in [0.2, 0.25) is 0 Å². The van der Waals surface area contributed by atoms with Crippen LogP contribution in [0.5, 0.6) is 0 Å². The zero-order valence-corrected chi connectivity index (χ0v) is 15.4. The van der Waals surface area contributed by atoms with Crippen molar-refractivity contribution in [1.82, 2.24) is 5.32 Å². The molecule has 1 N–H and O–H groups in total. The molecule has 0 aliphatic heterocycles. The number of terminal acetylenes is 1. The second-order valence-corrected chi connectivity index (χ2v) is 7.14. The summed E-state index contributed by atoms with van der Waals surface area (Å²) in [5.41, 5.74) is 1.93. The molecule has 2 aromatic carbocycles. The molecule has 3 rings (SSSR count). The van der Waals surface area contributed by atoms with Crippen molar-refractivity contribution in [2.45, 2.75) is 37.6 Å². The molecule has 26 heavy (non-hydrogen) atoms. The van der Waals surface area contributed by atoms with Crippen LogP contribution in [0, 0.1) is 12.3 Å². The minimum Gasteiger partial charge on any atom is -0.368 e. The monoisotopic (exact) mass is 363 g/mol. The third-order valence-electron chi connectivity index (χ3n) is 4.85. The van der Waals surface area contributed by atoms with Crippen LogP contribution in [-0.4, -0.2) is 11.3 Å². The second kappa shape index (κ2) is 8.25. The van der Waals surface area contributed by atoms with Gasteiger partial charge in [-0.3, -0.25) is 4.79 Å². The molecule has 132 valence electrons. The molecule has 0 saturated heterocycles. The van der Waals surface area contributed by atoms with Gasteiger partial charge in [-0.25, -0.2) is 0 Å². The molecule has 0 aromatic heterocycles. The van der Waals surface area contributed by atoms with Gasteiger partial charge in [0.25, 0.3) is 0 Å². The Morgan fingerprint density at radius 2 is 1.65 bits per heavy atom. The minimum atomic E-state index is -0.389. The Morgan fingerprint density at radius 1 is 1.00 bits per heavy atom. The van der Waals surface area contributed by atoms with E-state index in [1.54, 1.807) is 30.3 Å². The highest BCUT2D eigenvalue weighted by atomic mass is 35.5. The van der Waals surface area contributed by atoms with Crippen molar-refractivity contribution in [3.05, 3.63) is 76.8 Å². The first-order valence-corrected chi connectivity index (χ1v) is 9.33. The van der Waals surface area contributed by atoms with E-state index in [1.807, 2.05) is 30.3 Å². The predicted octanol–water partition coefficient (Wildman–Crippen LogP) is 5.49. The molecule has 1 saturated carbocycles. The van der Waals surface area contributed by atoms with Gasteiger partial charge in [0.1, 0.15) is 0 Å². The quantitative estimate of drug-likeness (QED) is 0.432. The van der Waals surface area contributed by atoms with Gasteiger partial charge in [0.15, 0.2) is 5.78 Å². The predicted molar refractivity (Wildman–Crippen MR) is 108 cm³/mol. The highest BCUT2D eigenvalue weighted by molar-refractivity contribution is 6.30. The Balaban J connectivity index is 1.94. The first-order valence-electron chi connectivity index (χ1n) is 8.95. The summed E-state index contributed by atoms with van der Waals surface area (Å²) in [5.74, 6) is 2.88. The molecular formula is C23H22ClNO. The summed E-state index contributed by atoms with van der Waals surface area (Å²) in [6.45, 7) is 0. The molecule has 0 bridgehead atoms. The molecule has 1 aliphatic carbocycles. The first kappa shape index (κ1) is 18.3. The fourth-order valence-corrected chi connectivity index (χ4v) is 3.48. The van der Waals surface area contributed by atoms with Crippen LogP contribution in [0.25, 0.3) is 5.70 Å². The van der Waals surface area contributed by atoms with Gasteiger partial charge in [-0.1, -0.05) is 67.1 Å². The number of carbonyl (C=O) groups is 1. The van der Waals surface area contributed by atoms with Crippen LogP contribution in [0.4, 0.5) is 0 Å². The van der Waals surface area contributed by atoms with Crippen molar-refractivity contribution < 1.29 is 4.79 Å². The summed E-state index contributed by atoms with van der Waals surface area (Å²) in [5, 5.41) is 4.14. The van der Waals surface area contributed by atoms with Crippen LogP contribution >= 0.6 is 11.6 Å². The molecule has 0 heterocycles. The van der Waals surface area contributed by atoms with Crippen molar-refractivity contribution >= 4 is 23.1 Å². The number of nitrogens with one attached hydrogen (secondary N) is 1. The zero-order valence-electron chi connectivity index (χ0n) is 14.7. The minimum absolute atomic E-state index is 0.0731. The van der Waals surface area contributed by atoms with Crippen LogP contribution in [0.15, 0.2) is 60.7 Å². The van der Waals surface area contributed by atoms with E-state index in [4.69, 9.17) is 18.0 Å². The zero-order chi connectivity index (χ0) is 18.4. The number of hydrogen-bond acceptors (Lipinski definition) is 2. The lowest BCUT2D eigenvalue weighted by molar-refractivity contribution is 0.104. The van der Waals surface area contributed by atoms with E-state index in [-0.39, 0.29) is 11.3 Å². The third-order valence-corrected chi connectivity index (χ3v) is 5.10. The molecule has 0 amide bonds. The number of halogens is 1. The molecule has 2 nitrogen and oxygen atoms in total. The maximum absolute atomic E-state index is 12.8. The SMILES string of the molecule is C#CC1(N/C(=C\C(=O)c2ccc(Cl)cc2)c2ccccc2)CCCCC1. The van der Waals surface area contributed by atoms with Gasteiger partial charge in [-0.15, -0.1) is 6.42 Å². The van der Waals surface area contributed by atoms with E-state index >= 15 is 0 Å². The first-order chi connectivity index (χ1) is 12.6. The maximum atomic E-state index is 12.8. The van der Waals surface area contributed by atoms with Crippen molar-refractivity contribution in [3.8, 4) is 12.3 Å². The number of ketones is 1. The molecule has 3 heteroatoms. The van der Waals surface area contributed by atoms with E-state index in [2.05, 4.69) is 11.2 Å². The average molecular weight is 364 g/mol.